The van der Waals surface area contributed by atoms with Crippen LogP contribution in [0.25, 0.3) is 0 Å². The van der Waals surface area contributed by atoms with Crippen LogP contribution in [0, 0.1) is 5.41 Å². The summed E-state index contributed by atoms with van der Waals surface area (Å²) in [6.07, 6.45) is 0.152. The van der Waals surface area contributed by atoms with Crippen molar-refractivity contribution in [3.8, 4) is 5.75 Å². The summed E-state index contributed by atoms with van der Waals surface area (Å²) >= 11 is 5.86. The summed E-state index contributed by atoms with van der Waals surface area (Å²) in [7, 11) is 4.12. The van der Waals surface area contributed by atoms with E-state index in [1.165, 1.54) is 0 Å². The standard InChI is InChI=1S/C14H22ClNO/c1-14(2,3)13(10-16(4)5)17-12-8-6-11(15)7-9-12/h6-9,13H,10H2,1-5H3. The van der Waals surface area contributed by atoms with Gasteiger partial charge in [0.1, 0.15) is 11.9 Å². The van der Waals surface area contributed by atoms with E-state index in [-0.39, 0.29) is 11.5 Å². The highest BCUT2D eigenvalue weighted by Crippen LogP contribution is 2.26. The van der Waals surface area contributed by atoms with Crippen molar-refractivity contribution in [1.29, 1.82) is 0 Å². The summed E-state index contributed by atoms with van der Waals surface area (Å²) in [5, 5.41) is 0.734. The Morgan fingerprint density at radius 1 is 1.18 bits per heavy atom. The van der Waals surface area contributed by atoms with Gasteiger partial charge in [0.2, 0.25) is 0 Å². The van der Waals surface area contributed by atoms with E-state index in [1.807, 2.05) is 24.3 Å². The molecule has 0 fully saturated rings. The van der Waals surface area contributed by atoms with Gasteiger partial charge in [0, 0.05) is 17.0 Å². The second-order valence-corrected chi connectivity index (χ2v) is 6.13. The summed E-state index contributed by atoms with van der Waals surface area (Å²) < 4.78 is 6.04. The third-order valence-corrected chi connectivity index (χ3v) is 2.84. The molecule has 1 unspecified atom stereocenters. The lowest BCUT2D eigenvalue weighted by molar-refractivity contribution is 0.0623. The van der Waals surface area contributed by atoms with Gasteiger partial charge in [-0.2, -0.15) is 0 Å². The minimum atomic E-state index is 0.101. The third-order valence-electron chi connectivity index (χ3n) is 2.59. The van der Waals surface area contributed by atoms with Gasteiger partial charge in [-0.25, -0.2) is 0 Å². The molecule has 1 atom stereocenters. The van der Waals surface area contributed by atoms with Crippen LogP contribution < -0.4 is 4.74 Å². The quantitative estimate of drug-likeness (QED) is 0.814. The highest BCUT2D eigenvalue weighted by Gasteiger charge is 2.27. The first kappa shape index (κ1) is 14.3. The molecule has 0 aliphatic heterocycles. The average Bonchev–Trinajstić information content (AvgIpc) is 2.18. The molecule has 0 amide bonds. The zero-order chi connectivity index (χ0) is 13.1. The Bertz CT molecular complexity index is 340. The largest absolute Gasteiger partial charge is 0.489 e. The van der Waals surface area contributed by atoms with Gasteiger partial charge >= 0.3 is 0 Å². The van der Waals surface area contributed by atoms with Gasteiger partial charge in [0.25, 0.3) is 0 Å². The zero-order valence-corrected chi connectivity index (χ0v) is 12.1. The Labute approximate surface area is 110 Å². The van der Waals surface area contributed by atoms with E-state index in [0.29, 0.717) is 0 Å². The molecule has 0 radical (unpaired) electrons. The van der Waals surface area contributed by atoms with Crippen LogP contribution in [-0.4, -0.2) is 31.6 Å². The number of rotatable bonds is 4. The molecule has 3 heteroatoms. The van der Waals surface area contributed by atoms with Crippen LogP contribution in [-0.2, 0) is 0 Å². The van der Waals surface area contributed by atoms with Gasteiger partial charge in [-0.05, 0) is 38.4 Å². The average molecular weight is 256 g/mol. The van der Waals surface area contributed by atoms with Crippen LogP contribution in [0.15, 0.2) is 24.3 Å². The van der Waals surface area contributed by atoms with Crippen LogP contribution in [0.5, 0.6) is 5.75 Å². The molecule has 0 aliphatic rings. The summed E-state index contributed by atoms with van der Waals surface area (Å²) in [6.45, 7) is 7.47. The highest BCUT2D eigenvalue weighted by atomic mass is 35.5. The molecule has 0 bridgehead atoms. The molecule has 1 aromatic rings. The minimum Gasteiger partial charge on any atom is -0.489 e. The molecular weight excluding hydrogens is 234 g/mol. The first-order valence-electron chi connectivity index (χ1n) is 5.86. The predicted molar refractivity (Wildman–Crippen MR) is 73.9 cm³/mol. The predicted octanol–water partition coefficient (Wildman–Crippen LogP) is 3.70. The van der Waals surface area contributed by atoms with Crippen molar-refractivity contribution in [2.75, 3.05) is 20.6 Å². The number of likely N-dealkylation sites (N-methyl/N-ethyl adjacent to an activating group) is 1. The number of halogens is 1. The van der Waals surface area contributed by atoms with E-state index >= 15 is 0 Å². The lowest BCUT2D eigenvalue weighted by Crippen LogP contribution is -2.40. The zero-order valence-electron chi connectivity index (χ0n) is 11.3. The Kier molecular flexibility index (Phi) is 4.84. The molecular formula is C14H22ClNO. The summed E-state index contributed by atoms with van der Waals surface area (Å²) in [4.78, 5) is 2.14. The number of ether oxygens (including phenoxy) is 1. The van der Waals surface area contributed by atoms with Crippen molar-refractivity contribution in [3.05, 3.63) is 29.3 Å². The SMILES string of the molecule is CN(C)CC(Oc1ccc(Cl)cc1)C(C)(C)C. The summed E-state index contributed by atoms with van der Waals surface area (Å²) in [5.74, 6) is 0.871. The topological polar surface area (TPSA) is 12.5 Å². The Balaban J connectivity index is 2.75. The molecule has 2 nitrogen and oxygen atoms in total. The van der Waals surface area contributed by atoms with E-state index in [4.69, 9.17) is 16.3 Å². The molecule has 0 N–H and O–H groups in total. The lowest BCUT2D eigenvalue weighted by atomic mass is 9.88. The molecule has 0 aromatic heterocycles. The van der Waals surface area contributed by atoms with Gasteiger partial charge in [0.15, 0.2) is 0 Å². The number of hydrogen-bond acceptors (Lipinski definition) is 2. The molecule has 0 spiro atoms. The van der Waals surface area contributed by atoms with Crippen molar-refractivity contribution in [3.63, 3.8) is 0 Å². The fourth-order valence-corrected chi connectivity index (χ4v) is 1.62. The first-order chi connectivity index (χ1) is 7.79. The maximum atomic E-state index is 6.04. The minimum absolute atomic E-state index is 0.101. The van der Waals surface area contributed by atoms with Crippen molar-refractivity contribution < 1.29 is 4.74 Å². The van der Waals surface area contributed by atoms with Crippen LogP contribution in [0.1, 0.15) is 20.8 Å². The molecule has 0 saturated carbocycles. The fraction of sp³-hybridized carbons (Fsp3) is 0.571. The molecule has 0 heterocycles. The summed E-state index contributed by atoms with van der Waals surface area (Å²) in [5.41, 5.74) is 0.101. The van der Waals surface area contributed by atoms with Crippen LogP contribution in [0.3, 0.4) is 0 Å². The van der Waals surface area contributed by atoms with E-state index < -0.39 is 0 Å². The second-order valence-electron chi connectivity index (χ2n) is 5.69. The van der Waals surface area contributed by atoms with Crippen LogP contribution in [0.2, 0.25) is 5.02 Å². The highest BCUT2D eigenvalue weighted by molar-refractivity contribution is 6.30. The van der Waals surface area contributed by atoms with E-state index in [1.54, 1.807) is 0 Å². The van der Waals surface area contributed by atoms with Crippen molar-refractivity contribution in [1.82, 2.24) is 4.90 Å². The van der Waals surface area contributed by atoms with Crippen molar-refractivity contribution in [2.24, 2.45) is 5.41 Å². The number of hydrogen-bond donors (Lipinski definition) is 0. The van der Waals surface area contributed by atoms with Gasteiger partial charge in [0.05, 0.1) is 0 Å². The third kappa shape index (κ3) is 4.97. The number of benzene rings is 1. The van der Waals surface area contributed by atoms with Gasteiger partial charge in [-0.3, -0.25) is 0 Å². The van der Waals surface area contributed by atoms with E-state index in [0.717, 1.165) is 17.3 Å². The second kappa shape index (κ2) is 5.74. The van der Waals surface area contributed by atoms with E-state index in [2.05, 4.69) is 39.8 Å². The smallest absolute Gasteiger partial charge is 0.119 e. The Hall–Kier alpha value is -0.730. The monoisotopic (exact) mass is 255 g/mol. The molecule has 0 aliphatic carbocycles. The number of nitrogens with zero attached hydrogens (tertiary/aromatic N) is 1. The van der Waals surface area contributed by atoms with E-state index in [9.17, 15) is 0 Å². The van der Waals surface area contributed by atoms with Crippen LogP contribution >= 0.6 is 11.6 Å². The molecule has 1 aromatic carbocycles. The van der Waals surface area contributed by atoms with Crippen molar-refractivity contribution in [2.45, 2.75) is 26.9 Å². The maximum Gasteiger partial charge on any atom is 0.119 e. The normalized spacial score (nSPS) is 13.8. The molecule has 1 rings (SSSR count). The fourth-order valence-electron chi connectivity index (χ4n) is 1.50. The van der Waals surface area contributed by atoms with Gasteiger partial charge in [-0.15, -0.1) is 0 Å². The van der Waals surface area contributed by atoms with Gasteiger partial charge < -0.3 is 9.64 Å². The molecule has 96 valence electrons. The van der Waals surface area contributed by atoms with Crippen molar-refractivity contribution >= 4 is 11.6 Å². The molecule has 0 saturated heterocycles. The van der Waals surface area contributed by atoms with Crippen LogP contribution in [0.4, 0.5) is 0 Å². The Morgan fingerprint density at radius 2 is 1.71 bits per heavy atom. The molecule has 17 heavy (non-hydrogen) atoms. The first-order valence-corrected chi connectivity index (χ1v) is 6.24. The maximum absolute atomic E-state index is 6.04. The Morgan fingerprint density at radius 3 is 2.12 bits per heavy atom. The lowest BCUT2D eigenvalue weighted by Gasteiger charge is -2.33. The van der Waals surface area contributed by atoms with Gasteiger partial charge in [-0.1, -0.05) is 32.4 Å². The summed E-state index contributed by atoms with van der Waals surface area (Å²) in [6, 6.07) is 7.53.